The Kier molecular flexibility index (Phi) is 6.01. The summed E-state index contributed by atoms with van der Waals surface area (Å²) < 4.78 is 0. The van der Waals surface area contributed by atoms with E-state index in [0.29, 0.717) is 5.56 Å². The van der Waals surface area contributed by atoms with Crippen LogP contribution in [0.3, 0.4) is 0 Å². The highest BCUT2D eigenvalue weighted by Gasteiger charge is 2.31. The Hall–Kier alpha value is -3.30. The monoisotopic (exact) mass is 409 g/mol. The number of carbonyl (C=O) groups excluding carboxylic acids is 1. The van der Waals surface area contributed by atoms with Crippen molar-refractivity contribution < 1.29 is 4.79 Å². The van der Waals surface area contributed by atoms with Gasteiger partial charge in [0, 0.05) is 9.79 Å². The number of hydrogen-bond donors (Lipinski definition) is 1. The SMILES string of the molecule is CC(NC(=O)c1ccccc1Sc1ccccc1)(c1ccccc1)c1ccccc1. The lowest BCUT2D eigenvalue weighted by Gasteiger charge is -2.32. The molecule has 0 fully saturated rings. The molecule has 4 aromatic rings. The standard InChI is InChI=1S/C27H23NOS/c1-27(21-13-5-2-6-14-21,22-15-7-3-8-16-22)28-26(29)24-19-11-12-20-25(24)30-23-17-9-4-10-18-23/h2-20H,1H3,(H,28,29). The lowest BCUT2D eigenvalue weighted by atomic mass is 9.84. The molecule has 4 aromatic carbocycles. The van der Waals surface area contributed by atoms with Crippen molar-refractivity contribution in [2.75, 3.05) is 0 Å². The fourth-order valence-corrected chi connectivity index (χ4v) is 4.47. The lowest BCUT2D eigenvalue weighted by molar-refractivity contribution is 0.0916. The van der Waals surface area contributed by atoms with Crippen molar-refractivity contribution in [2.24, 2.45) is 0 Å². The predicted octanol–water partition coefficient (Wildman–Crippen LogP) is 6.53. The Balaban J connectivity index is 1.69. The molecule has 0 radical (unpaired) electrons. The minimum absolute atomic E-state index is 0.0933. The number of rotatable bonds is 6. The van der Waals surface area contributed by atoms with Crippen molar-refractivity contribution in [3.63, 3.8) is 0 Å². The zero-order valence-electron chi connectivity index (χ0n) is 16.8. The fraction of sp³-hybridized carbons (Fsp3) is 0.0741. The third kappa shape index (κ3) is 4.32. The first kappa shape index (κ1) is 20.0. The smallest absolute Gasteiger partial charge is 0.253 e. The summed E-state index contributed by atoms with van der Waals surface area (Å²) in [4.78, 5) is 15.5. The van der Waals surface area contributed by atoms with Gasteiger partial charge in [0.25, 0.3) is 5.91 Å². The van der Waals surface area contributed by atoms with Crippen molar-refractivity contribution in [3.8, 4) is 0 Å². The van der Waals surface area contributed by atoms with Crippen LogP contribution in [0.15, 0.2) is 125 Å². The highest BCUT2D eigenvalue weighted by Crippen LogP contribution is 2.33. The molecule has 0 aliphatic heterocycles. The van der Waals surface area contributed by atoms with Gasteiger partial charge in [-0.2, -0.15) is 0 Å². The van der Waals surface area contributed by atoms with E-state index in [1.807, 2.05) is 78.9 Å². The molecule has 0 aromatic heterocycles. The summed E-state index contributed by atoms with van der Waals surface area (Å²) in [5.41, 5.74) is 2.10. The Labute approximate surface area is 182 Å². The van der Waals surface area contributed by atoms with E-state index in [9.17, 15) is 4.79 Å². The molecule has 3 heteroatoms. The molecule has 0 atom stereocenters. The van der Waals surface area contributed by atoms with Gasteiger partial charge in [-0.15, -0.1) is 0 Å². The molecule has 0 unspecified atom stereocenters. The Bertz CT molecular complexity index is 1070. The van der Waals surface area contributed by atoms with E-state index in [4.69, 9.17) is 0 Å². The minimum atomic E-state index is -0.649. The zero-order valence-corrected chi connectivity index (χ0v) is 17.6. The first-order valence-electron chi connectivity index (χ1n) is 9.92. The Morgan fingerprint density at radius 2 is 1.13 bits per heavy atom. The van der Waals surface area contributed by atoms with Crippen LogP contribution in [-0.4, -0.2) is 5.91 Å². The zero-order chi connectivity index (χ0) is 20.8. The first-order valence-corrected chi connectivity index (χ1v) is 10.7. The van der Waals surface area contributed by atoms with Crippen LogP contribution in [0.5, 0.6) is 0 Å². The van der Waals surface area contributed by atoms with Gasteiger partial charge in [-0.05, 0) is 42.3 Å². The van der Waals surface area contributed by atoms with Crippen molar-refractivity contribution in [1.29, 1.82) is 0 Å². The van der Waals surface area contributed by atoms with E-state index in [2.05, 4.69) is 48.6 Å². The molecule has 1 amide bonds. The molecular formula is C27H23NOS. The molecule has 30 heavy (non-hydrogen) atoms. The van der Waals surface area contributed by atoms with Crippen LogP contribution in [0.1, 0.15) is 28.4 Å². The second kappa shape index (κ2) is 9.02. The number of nitrogens with one attached hydrogen (secondary N) is 1. The van der Waals surface area contributed by atoms with Gasteiger partial charge in [0.05, 0.1) is 11.1 Å². The summed E-state index contributed by atoms with van der Waals surface area (Å²) in [7, 11) is 0. The Morgan fingerprint density at radius 3 is 1.70 bits per heavy atom. The molecule has 2 nitrogen and oxygen atoms in total. The van der Waals surface area contributed by atoms with Crippen LogP contribution in [0, 0.1) is 0 Å². The maximum atomic E-state index is 13.5. The molecule has 0 saturated carbocycles. The van der Waals surface area contributed by atoms with Gasteiger partial charge in [0.15, 0.2) is 0 Å². The third-order valence-corrected chi connectivity index (χ3v) is 6.25. The Morgan fingerprint density at radius 1 is 0.667 bits per heavy atom. The largest absolute Gasteiger partial charge is 0.339 e. The van der Waals surface area contributed by atoms with Crippen molar-refractivity contribution in [1.82, 2.24) is 5.32 Å². The normalized spacial score (nSPS) is 11.1. The van der Waals surface area contributed by atoms with Crippen LogP contribution in [0.4, 0.5) is 0 Å². The first-order chi connectivity index (χ1) is 14.7. The van der Waals surface area contributed by atoms with Crippen LogP contribution < -0.4 is 5.32 Å². The molecule has 0 spiro atoms. The van der Waals surface area contributed by atoms with E-state index in [1.165, 1.54) is 0 Å². The summed E-state index contributed by atoms with van der Waals surface area (Å²) in [6.45, 7) is 2.06. The average molecular weight is 410 g/mol. The molecular weight excluding hydrogens is 386 g/mol. The molecule has 1 N–H and O–H groups in total. The molecule has 0 heterocycles. The number of hydrogen-bond acceptors (Lipinski definition) is 2. The molecule has 0 saturated heterocycles. The van der Waals surface area contributed by atoms with Gasteiger partial charge in [-0.25, -0.2) is 0 Å². The second-order valence-corrected chi connectivity index (χ2v) is 8.34. The number of amides is 1. The molecule has 0 bridgehead atoms. The lowest BCUT2D eigenvalue weighted by Crippen LogP contribution is -2.44. The third-order valence-electron chi connectivity index (χ3n) is 5.17. The molecule has 148 valence electrons. The molecule has 0 aliphatic carbocycles. The van der Waals surface area contributed by atoms with Crippen molar-refractivity contribution in [2.45, 2.75) is 22.3 Å². The molecule has 4 rings (SSSR count). The summed E-state index contributed by atoms with van der Waals surface area (Å²) in [5.74, 6) is -0.0933. The maximum Gasteiger partial charge on any atom is 0.253 e. The summed E-state index contributed by atoms with van der Waals surface area (Å²) in [6.07, 6.45) is 0. The van der Waals surface area contributed by atoms with Gasteiger partial charge >= 0.3 is 0 Å². The van der Waals surface area contributed by atoms with E-state index >= 15 is 0 Å². The van der Waals surface area contributed by atoms with E-state index in [0.717, 1.165) is 20.9 Å². The van der Waals surface area contributed by atoms with Gasteiger partial charge in [-0.1, -0.05) is 103 Å². The minimum Gasteiger partial charge on any atom is -0.339 e. The topological polar surface area (TPSA) is 29.1 Å². The summed E-state index contributed by atoms with van der Waals surface area (Å²) in [5, 5.41) is 3.32. The summed E-state index contributed by atoms with van der Waals surface area (Å²) >= 11 is 1.60. The van der Waals surface area contributed by atoms with Crippen LogP contribution in [0.25, 0.3) is 0 Å². The number of benzene rings is 4. The maximum absolute atomic E-state index is 13.5. The average Bonchev–Trinajstić information content (AvgIpc) is 2.81. The van der Waals surface area contributed by atoms with Gasteiger partial charge in [0.1, 0.15) is 0 Å². The number of carbonyl (C=O) groups is 1. The van der Waals surface area contributed by atoms with Gasteiger partial charge in [-0.3, -0.25) is 4.79 Å². The van der Waals surface area contributed by atoms with Crippen molar-refractivity contribution >= 4 is 17.7 Å². The van der Waals surface area contributed by atoms with Crippen molar-refractivity contribution in [3.05, 3.63) is 132 Å². The predicted molar refractivity (Wildman–Crippen MR) is 124 cm³/mol. The fourth-order valence-electron chi connectivity index (χ4n) is 3.51. The van der Waals surface area contributed by atoms with Gasteiger partial charge < -0.3 is 5.32 Å². The highest BCUT2D eigenvalue weighted by molar-refractivity contribution is 7.99. The second-order valence-electron chi connectivity index (χ2n) is 7.22. The highest BCUT2D eigenvalue weighted by atomic mass is 32.2. The van der Waals surface area contributed by atoms with Crippen LogP contribution in [0.2, 0.25) is 0 Å². The van der Waals surface area contributed by atoms with E-state index in [-0.39, 0.29) is 5.91 Å². The van der Waals surface area contributed by atoms with Crippen LogP contribution >= 0.6 is 11.8 Å². The van der Waals surface area contributed by atoms with E-state index < -0.39 is 5.54 Å². The molecule has 0 aliphatic rings. The summed E-state index contributed by atoms with van der Waals surface area (Å²) in [6, 6.07) is 38.1. The van der Waals surface area contributed by atoms with E-state index in [1.54, 1.807) is 11.8 Å². The van der Waals surface area contributed by atoms with Gasteiger partial charge in [0.2, 0.25) is 0 Å². The quantitative estimate of drug-likeness (QED) is 0.392. The van der Waals surface area contributed by atoms with Crippen LogP contribution in [-0.2, 0) is 5.54 Å².